The van der Waals surface area contributed by atoms with Crippen molar-refractivity contribution in [2.75, 3.05) is 17.9 Å². The second-order valence-corrected chi connectivity index (χ2v) is 18.3. The molecule has 1 heterocycles. The van der Waals surface area contributed by atoms with Crippen LogP contribution in [0, 0.1) is 6.92 Å². The van der Waals surface area contributed by atoms with Gasteiger partial charge in [-0.15, -0.1) is 11.8 Å². The Morgan fingerprint density at radius 2 is 1.60 bits per heavy atom. The van der Waals surface area contributed by atoms with Crippen LogP contribution in [0.4, 0.5) is 0 Å². The molecular weight excluding hydrogens is 729 g/mol. The average molecular weight is 777 g/mol. The number of amides is 3. The lowest BCUT2D eigenvalue weighted by molar-refractivity contribution is -0.148. The lowest BCUT2D eigenvalue weighted by Crippen LogP contribution is -2.59. The molecule has 3 amide bonds. The van der Waals surface area contributed by atoms with Gasteiger partial charge in [-0.1, -0.05) is 97.1 Å². The molecule has 1 saturated heterocycles. The third-order valence-corrected chi connectivity index (χ3v) is 12.6. The monoisotopic (exact) mass is 776 g/mol. The number of hydrogen-bond donors (Lipinski definition) is 4. The number of aliphatic hydroxyl groups is 1. The number of carbonyl (C=O) groups is 3. The van der Waals surface area contributed by atoms with E-state index in [4.69, 9.17) is 0 Å². The predicted molar refractivity (Wildman–Crippen MR) is 215 cm³/mol. The molecule has 1 aliphatic heterocycles. The number of hydrogen-bond acceptors (Lipinski definition) is 8. The van der Waals surface area contributed by atoms with Gasteiger partial charge in [0, 0.05) is 22.8 Å². The Bertz CT molecular complexity index is 2000. The van der Waals surface area contributed by atoms with E-state index in [2.05, 4.69) is 15.4 Å². The van der Waals surface area contributed by atoms with Gasteiger partial charge in [-0.3, -0.25) is 14.4 Å². The molecule has 0 bridgehead atoms. The number of sulfonamides is 1. The van der Waals surface area contributed by atoms with Crippen molar-refractivity contribution in [3.63, 3.8) is 0 Å². The summed E-state index contributed by atoms with van der Waals surface area (Å²) < 4.78 is 26.7. The summed E-state index contributed by atoms with van der Waals surface area (Å²) >= 11 is 2.84. The maximum absolute atomic E-state index is 14.2. The average Bonchev–Trinajstić information content (AvgIpc) is 3.46. The lowest BCUT2D eigenvalue weighted by atomic mass is 9.97. The number of nitrogens with zero attached hydrogens (tertiary/aromatic N) is 1. The fraction of sp³-hybridized carbons (Fsp3) is 0.375. The molecule has 0 unspecified atom stereocenters. The molecule has 4 aromatic rings. The zero-order valence-corrected chi connectivity index (χ0v) is 32.9. The van der Waals surface area contributed by atoms with Gasteiger partial charge in [-0.25, -0.2) is 13.1 Å². The molecule has 4 aromatic carbocycles. The third-order valence-electron chi connectivity index (χ3n) is 9.44. The molecular formula is C40H48N4O6S3. The Morgan fingerprint density at radius 3 is 2.34 bits per heavy atom. The van der Waals surface area contributed by atoms with Crippen LogP contribution in [0.25, 0.3) is 10.8 Å². The van der Waals surface area contributed by atoms with Crippen LogP contribution in [-0.2, 0) is 43.1 Å². The van der Waals surface area contributed by atoms with Crippen molar-refractivity contribution in [3.8, 4) is 0 Å². The molecule has 4 N–H and O–H groups in total. The van der Waals surface area contributed by atoms with Crippen LogP contribution in [-0.4, -0.2) is 83.0 Å². The van der Waals surface area contributed by atoms with Gasteiger partial charge in [-0.2, -0.15) is 11.8 Å². The normalized spacial score (nSPS) is 17.2. The van der Waals surface area contributed by atoms with Crippen LogP contribution >= 0.6 is 23.5 Å². The van der Waals surface area contributed by atoms with Gasteiger partial charge >= 0.3 is 0 Å². The number of thioether (sulfide) groups is 2. The van der Waals surface area contributed by atoms with Gasteiger partial charge in [0.1, 0.15) is 12.1 Å². The minimum absolute atomic E-state index is 0.109. The van der Waals surface area contributed by atoms with Crippen molar-refractivity contribution in [2.24, 2.45) is 0 Å². The maximum Gasteiger partial charge on any atom is 0.254 e. The Morgan fingerprint density at radius 1 is 0.943 bits per heavy atom. The molecule has 0 radical (unpaired) electrons. The zero-order valence-electron chi connectivity index (χ0n) is 30.5. The SMILES string of the molecule is Cc1ccccc1CNC(=O)[C@H]1N(C(=O)[C@@H](O)[C@H](CCc2ccccc2)NC(=O)[C@@H](CSCc2cccc3ccccc23)NS(C)(=O)=O)CSC1(C)C. The smallest absolute Gasteiger partial charge is 0.254 e. The van der Waals surface area contributed by atoms with Gasteiger partial charge < -0.3 is 20.6 Å². The highest BCUT2D eigenvalue weighted by Crippen LogP contribution is 2.40. The Kier molecular flexibility index (Phi) is 13.7. The van der Waals surface area contributed by atoms with E-state index in [9.17, 15) is 27.9 Å². The molecule has 5 rings (SSSR count). The van der Waals surface area contributed by atoms with Crippen molar-refractivity contribution in [1.29, 1.82) is 0 Å². The molecule has 0 spiro atoms. The van der Waals surface area contributed by atoms with Crippen molar-refractivity contribution in [3.05, 3.63) is 119 Å². The number of carbonyl (C=O) groups excluding carboxylic acids is 3. The fourth-order valence-corrected chi connectivity index (χ4v) is 9.54. The van der Waals surface area contributed by atoms with Crippen molar-refractivity contribution in [1.82, 2.24) is 20.3 Å². The highest BCUT2D eigenvalue weighted by atomic mass is 32.2. The van der Waals surface area contributed by atoms with Crippen LogP contribution in [0.5, 0.6) is 0 Å². The topological polar surface area (TPSA) is 145 Å². The largest absolute Gasteiger partial charge is 0.381 e. The van der Waals surface area contributed by atoms with Crippen molar-refractivity contribution >= 4 is 62.0 Å². The number of aryl methyl sites for hydroxylation is 2. The summed E-state index contributed by atoms with van der Waals surface area (Å²) in [5.41, 5.74) is 3.98. The summed E-state index contributed by atoms with van der Waals surface area (Å²) in [6.45, 7) is 6.03. The summed E-state index contributed by atoms with van der Waals surface area (Å²) in [5.74, 6) is -0.866. The minimum Gasteiger partial charge on any atom is -0.381 e. The molecule has 1 aliphatic rings. The molecule has 0 aromatic heterocycles. The Balaban J connectivity index is 1.33. The Labute approximate surface area is 320 Å². The van der Waals surface area contributed by atoms with Crippen molar-refractivity contribution < 1.29 is 27.9 Å². The number of fused-ring (bicyclic) bond motifs is 1. The van der Waals surface area contributed by atoms with E-state index in [-0.39, 0.29) is 30.5 Å². The first-order valence-corrected chi connectivity index (χ1v) is 21.6. The van der Waals surface area contributed by atoms with E-state index in [1.807, 2.05) is 118 Å². The minimum atomic E-state index is -3.81. The quantitative estimate of drug-likeness (QED) is 0.127. The first-order chi connectivity index (χ1) is 25.2. The molecule has 0 saturated carbocycles. The van der Waals surface area contributed by atoms with E-state index in [0.717, 1.165) is 39.3 Å². The van der Waals surface area contributed by atoms with E-state index in [0.29, 0.717) is 12.2 Å². The second kappa shape index (κ2) is 18.0. The second-order valence-electron chi connectivity index (χ2n) is 13.9. The molecule has 282 valence electrons. The van der Waals surface area contributed by atoms with E-state index in [1.165, 1.54) is 28.4 Å². The number of aliphatic hydroxyl groups excluding tert-OH is 1. The van der Waals surface area contributed by atoms with Crippen LogP contribution in [0.2, 0.25) is 0 Å². The number of rotatable bonds is 16. The number of benzene rings is 4. The molecule has 1 fully saturated rings. The van der Waals surface area contributed by atoms with Gasteiger partial charge in [0.15, 0.2) is 6.10 Å². The van der Waals surface area contributed by atoms with E-state index in [1.54, 1.807) is 0 Å². The summed E-state index contributed by atoms with van der Waals surface area (Å²) in [6.07, 6.45) is -0.0979. The highest BCUT2D eigenvalue weighted by Gasteiger charge is 2.49. The fourth-order valence-electron chi connectivity index (χ4n) is 6.53. The van der Waals surface area contributed by atoms with Crippen LogP contribution < -0.4 is 15.4 Å². The summed E-state index contributed by atoms with van der Waals surface area (Å²) in [5, 5.41) is 19.7. The first kappa shape index (κ1) is 40.3. The summed E-state index contributed by atoms with van der Waals surface area (Å²) in [6, 6.07) is 28.0. The van der Waals surface area contributed by atoms with Gasteiger partial charge in [-0.05, 0) is 66.6 Å². The maximum atomic E-state index is 14.2. The standard InChI is InChI=1S/C40H48N4O6S3/c1-27-13-8-9-17-30(27)23-41-38(47)36-40(2,3)52-26-44(36)39(48)35(45)33(22-21-28-14-6-5-7-15-28)42-37(46)34(43-53(4,49)50)25-51-24-31-19-12-18-29-16-10-11-20-32(29)31/h5-20,33-36,43,45H,21-26H2,1-4H3,(H,41,47)(H,42,46)/t33-,34+,35-,36+/m0/s1. The number of nitrogens with one attached hydrogen (secondary N) is 3. The first-order valence-electron chi connectivity index (χ1n) is 17.5. The van der Waals surface area contributed by atoms with Gasteiger partial charge in [0.2, 0.25) is 21.8 Å². The van der Waals surface area contributed by atoms with E-state index >= 15 is 0 Å². The van der Waals surface area contributed by atoms with Gasteiger partial charge in [0.25, 0.3) is 5.91 Å². The summed E-state index contributed by atoms with van der Waals surface area (Å²) in [7, 11) is -3.81. The highest BCUT2D eigenvalue weighted by molar-refractivity contribution is 8.01. The molecule has 10 nitrogen and oxygen atoms in total. The molecule has 4 atom stereocenters. The van der Waals surface area contributed by atoms with E-state index < -0.39 is 50.8 Å². The third kappa shape index (κ3) is 10.9. The predicted octanol–water partition coefficient (Wildman–Crippen LogP) is 4.77. The zero-order chi connectivity index (χ0) is 38.2. The molecule has 53 heavy (non-hydrogen) atoms. The van der Waals surface area contributed by atoms with Crippen LogP contribution in [0.1, 0.15) is 42.5 Å². The Hall–Kier alpha value is -3.88. The molecule has 0 aliphatic carbocycles. The van der Waals surface area contributed by atoms with Crippen LogP contribution in [0.3, 0.4) is 0 Å². The summed E-state index contributed by atoms with van der Waals surface area (Å²) in [4.78, 5) is 43.2. The molecule has 13 heteroatoms. The van der Waals surface area contributed by atoms with Crippen molar-refractivity contribution in [2.45, 2.75) is 74.9 Å². The van der Waals surface area contributed by atoms with Crippen LogP contribution in [0.15, 0.2) is 97.1 Å². The lowest BCUT2D eigenvalue weighted by Gasteiger charge is -2.33. The van der Waals surface area contributed by atoms with Gasteiger partial charge in [0.05, 0.1) is 18.2 Å².